The molecule has 3 rings (SSSR count). The summed E-state index contributed by atoms with van der Waals surface area (Å²) < 4.78 is 5.71. The van der Waals surface area contributed by atoms with Gasteiger partial charge in [-0.05, 0) is 73.9 Å². The highest BCUT2D eigenvalue weighted by atomic mass is 16.4. The highest BCUT2D eigenvalue weighted by molar-refractivity contribution is 5.90. The van der Waals surface area contributed by atoms with Crippen molar-refractivity contribution in [1.82, 2.24) is 5.43 Å². The van der Waals surface area contributed by atoms with Gasteiger partial charge in [0.2, 0.25) is 0 Å². The molecule has 7 heteroatoms. The zero-order valence-electron chi connectivity index (χ0n) is 16.3. The van der Waals surface area contributed by atoms with Crippen LogP contribution in [0.1, 0.15) is 32.8 Å². The van der Waals surface area contributed by atoms with Crippen LogP contribution >= 0.6 is 0 Å². The molecule has 1 heterocycles. The number of nitrogens with one attached hydrogen (secondary N) is 2. The molecule has 148 valence electrons. The van der Waals surface area contributed by atoms with Crippen molar-refractivity contribution in [3.05, 3.63) is 76.5 Å². The average Bonchev–Trinajstić information content (AvgIpc) is 3.13. The first kappa shape index (κ1) is 19.9. The SMILES string of the molecule is Cc1ccc(NC(=O)N/N=C/c2ccc(-c3ccc(C(=O)O)cc3C)o2)cc1C. The van der Waals surface area contributed by atoms with Gasteiger partial charge in [-0.25, -0.2) is 15.0 Å². The van der Waals surface area contributed by atoms with Crippen molar-refractivity contribution < 1.29 is 19.1 Å². The smallest absolute Gasteiger partial charge is 0.339 e. The number of hydrazone groups is 1. The van der Waals surface area contributed by atoms with E-state index in [2.05, 4.69) is 15.8 Å². The average molecular weight is 391 g/mol. The van der Waals surface area contributed by atoms with E-state index in [-0.39, 0.29) is 5.56 Å². The summed E-state index contributed by atoms with van der Waals surface area (Å²) in [6.07, 6.45) is 1.39. The third-order valence-corrected chi connectivity index (χ3v) is 4.49. The van der Waals surface area contributed by atoms with Crippen LogP contribution in [0.15, 0.2) is 58.0 Å². The van der Waals surface area contributed by atoms with E-state index in [1.54, 1.807) is 24.3 Å². The van der Waals surface area contributed by atoms with E-state index in [0.717, 1.165) is 22.3 Å². The van der Waals surface area contributed by atoms with Gasteiger partial charge in [-0.2, -0.15) is 5.10 Å². The number of benzene rings is 2. The first-order valence-electron chi connectivity index (χ1n) is 8.95. The Labute approximate surface area is 168 Å². The van der Waals surface area contributed by atoms with Gasteiger partial charge >= 0.3 is 12.0 Å². The topological polar surface area (TPSA) is 104 Å². The third kappa shape index (κ3) is 4.90. The van der Waals surface area contributed by atoms with Gasteiger partial charge in [-0.15, -0.1) is 0 Å². The summed E-state index contributed by atoms with van der Waals surface area (Å²) in [4.78, 5) is 23.0. The Hall–Kier alpha value is -3.87. The van der Waals surface area contributed by atoms with Gasteiger partial charge in [0.15, 0.2) is 0 Å². The second-order valence-electron chi connectivity index (χ2n) is 6.66. The quantitative estimate of drug-likeness (QED) is 0.432. The van der Waals surface area contributed by atoms with Crippen molar-refractivity contribution in [2.24, 2.45) is 5.10 Å². The summed E-state index contributed by atoms with van der Waals surface area (Å²) in [7, 11) is 0. The number of carbonyl (C=O) groups is 2. The molecule has 0 unspecified atom stereocenters. The number of hydrogen-bond acceptors (Lipinski definition) is 4. The normalized spacial score (nSPS) is 10.9. The number of hydrogen-bond donors (Lipinski definition) is 3. The summed E-state index contributed by atoms with van der Waals surface area (Å²) >= 11 is 0. The molecule has 3 N–H and O–H groups in total. The molecule has 0 atom stereocenters. The second-order valence-corrected chi connectivity index (χ2v) is 6.66. The lowest BCUT2D eigenvalue weighted by molar-refractivity contribution is 0.0696. The maximum atomic E-state index is 11.9. The lowest BCUT2D eigenvalue weighted by atomic mass is 10.0. The molecule has 2 aromatic carbocycles. The van der Waals surface area contributed by atoms with E-state index in [0.29, 0.717) is 17.2 Å². The van der Waals surface area contributed by atoms with E-state index < -0.39 is 12.0 Å². The molecule has 0 aliphatic heterocycles. The molecule has 0 bridgehead atoms. The fraction of sp³-hybridized carbons (Fsp3) is 0.136. The predicted molar refractivity (Wildman–Crippen MR) is 112 cm³/mol. The van der Waals surface area contributed by atoms with Crippen LogP contribution in [0.25, 0.3) is 11.3 Å². The zero-order valence-corrected chi connectivity index (χ0v) is 16.3. The standard InChI is InChI=1S/C22H21N3O4/c1-13-4-6-17(11-14(13)2)24-22(28)25-23-12-18-7-9-20(29-18)19-8-5-16(21(26)27)10-15(19)3/h4-12H,1-3H3,(H,26,27)(H2,24,25,28)/b23-12+. The molecule has 0 saturated carbocycles. The van der Waals surface area contributed by atoms with E-state index >= 15 is 0 Å². The van der Waals surface area contributed by atoms with E-state index in [4.69, 9.17) is 9.52 Å². The van der Waals surface area contributed by atoms with Crippen LogP contribution in [0.5, 0.6) is 0 Å². The van der Waals surface area contributed by atoms with Crippen LogP contribution in [-0.2, 0) is 0 Å². The Morgan fingerprint density at radius 2 is 1.76 bits per heavy atom. The number of aryl methyl sites for hydroxylation is 3. The number of nitrogens with zero attached hydrogens (tertiary/aromatic N) is 1. The summed E-state index contributed by atoms with van der Waals surface area (Å²) in [6, 6.07) is 13.5. The molecule has 2 amide bonds. The molecule has 3 aromatic rings. The maximum Gasteiger partial charge on any atom is 0.339 e. The van der Waals surface area contributed by atoms with E-state index in [1.807, 2.05) is 39.0 Å². The summed E-state index contributed by atoms with van der Waals surface area (Å²) in [5, 5.41) is 15.6. The molecule has 0 aliphatic rings. The van der Waals surface area contributed by atoms with Crippen LogP contribution in [0, 0.1) is 20.8 Å². The lowest BCUT2D eigenvalue weighted by Crippen LogP contribution is -2.24. The molecule has 29 heavy (non-hydrogen) atoms. The summed E-state index contributed by atoms with van der Waals surface area (Å²) in [6.45, 7) is 5.79. The van der Waals surface area contributed by atoms with Crippen molar-refractivity contribution in [3.8, 4) is 11.3 Å². The molecule has 1 aromatic heterocycles. The van der Waals surface area contributed by atoms with Gasteiger partial charge in [-0.1, -0.05) is 12.1 Å². The Morgan fingerprint density at radius 1 is 0.966 bits per heavy atom. The third-order valence-electron chi connectivity index (χ3n) is 4.49. The van der Waals surface area contributed by atoms with Crippen LogP contribution in [0.4, 0.5) is 10.5 Å². The van der Waals surface area contributed by atoms with Gasteiger partial charge in [-0.3, -0.25) is 0 Å². The van der Waals surface area contributed by atoms with Gasteiger partial charge in [0.1, 0.15) is 11.5 Å². The molecule has 7 nitrogen and oxygen atoms in total. The molecule has 0 fully saturated rings. The minimum Gasteiger partial charge on any atom is -0.478 e. The van der Waals surface area contributed by atoms with Crippen molar-refractivity contribution >= 4 is 23.9 Å². The number of urea groups is 1. The number of anilines is 1. The number of rotatable bonds is 5. The number of carbonyl (C=O) groups excluding carboxylic acids is 1. The summed E-state index contributed by atoms with van der Waals surface area (Å²) in [5.41, 5.74) is 7.10. The van der Waals surface area contributed by atoms with Crippen LogP contribution in [0.2, 0.25) is 0 Å². The molecular formula is C22H21N3O4. The van der Waals surface area contributed by atoms with Gasteiger partial charge in [0.25, 0.3) is 0 Å². The zero-order chi connectivity index (χ0) is 21.0. The summed E-state index contributed by atoms with van der Waals surface area (Å²) in [5.74, 6) is 0.0609. The molecule has 0 aliphatic carbocycles. The molecule has 0 spiro atoms. The van der Waals surface area contributed by atoms with Gasteiger partial charge < -0.3 is 14.8 Å². The number of carboxylic acids is 1. The monoisotopic (exact) mass is 391 g/mol. The number of carboxylic acid groups (broad SMARTS) is 1. The first-order chi connectivity index (χ1) is 13.8. The highest BCUT2D eigenvalue weighted by Crippen LogP contribution is 2.26. The predicted octanol–water partition coefficient (Wildman–Crippen LogP) is 4.73. The minimum atomic E-state index is -0.975. The fourth-order valence-corrected chi connectivity index (χ4v) is 2.77. The number of amides is 2. The minimum absolute atomic E-state index is 0.221. The molecule has 0 saturated heterocycles. The Morgan fingerprint density at radius 3 is 2.45 bits per heavy atom. The van der Waals surface area contributed by atoms with Crippen molar-refractivity contribution in [1.29, 1.82) is 0 Å². The Kier molecular flexibility index (Phi) is 5.78. The van der Waals surface area contributed by atoms with Crippen molar-refractivity contribution in [2.75, 3.05) is 5.32 Å². The van der Waals surface area contributed by atoms with Gasteiger partial charge in [0.05, 0.1) is 11.8 Å². The highest BCUT2D eigenvalue weighted by Gasteiger charge is 2.10. The second kappa shape index (κ2) is 8.43. The number of furan rings is 1. The fourth-order valence-electron chi connectivity index (χ4n) is 2.77. The van der Waals surface area contributed by atoms with Crippen LogP contribution in [-0.4, -0.2) is 23.3 Å². The van der Waals surface area contributed by atoms with Gasteiger partial charge in [0, 0.05) is 11.3 Å². The van der Waals surface area contributed by atoms with Crippen molar-refractivity contribution in [2.45, 2.75) is 20.8 Å². The lowest BCUT2D eigenvalue weighted by Gasteiger charge is -2.06. The molecular weight excluding hydrogens is 370 g/mol. The van der Waals surface area contributed by atoms with Crippen LogP contribution < -0.4 is 10.7 Å². The first-order valence-corrected chi connectivity index (χ1v) is 8.95. The van der Waals surface area contributed by atoms with E-state index in [1.165, 1.54) is 12.3 Å². The Bertz CT molecular complexity index is 1100. The largest absolute Gasteiger partial charge is 0.478 e. The van der Waals surface area contributed by atoms with Crippen molar-refractivity contribution in [3.63, 3.8) is 0 Å². The molecule has 0 radical (unpaired) electrons. The number of aromatic carboxylic acids is 1. The Balaban J connectivity index is 1.62. The van der Waals surface area contributed by atoms with E-state index in [9.17, 15) is 9.59 Å². The maximum absolute atomic E-state index is 11.9. The van der Waals surface area contributed by atoms with Crippen LogP contribution in [0.3, 0.4) is 0 Å².